The third-order valence-corrected chi connectivity index (χ3v) is 4.57. The van der Waals surface area contributed by atoms with Gasteiger partial charge >= 0.3 is 0 Å². The molecule has 2 heterocycles. The normalized spacial score (nSPS) is 16.0. The maximum atomic E-state index is 11.2. The molecule has 0 N–H and O–H groups in total. The number of ketones is 1. The van der Waals surface area contributed by atoms with Crippen molar-refractivity contribution in [1.29, 1.82) is 0 Å². The summed E-state index contributed by atoms with van der Waals surface area (Å²) in [7, 11) is 0. The van der Waals surface area contributed by atoms with Crippen LogP contribution in [0.15, 0.2) is 36.5 Å². The van der Waals surface area contributed by atoms with Gasteiger partial charge in [-0.15, -0.1) is 0 Å². The summed E-state index contributed by atoms with van der Waals surface area (Å²) in [6.45, 7) is 5.62. The van der Waals surface area contributed by atoms with Gasteiger partial charge in [-0.05, 0) is 41.6 Å². The Bertz CT molecular complexity index is 696. The minimum absolute atomic E-state index is 0.236. The van der Waals surface area contributed by atoms with E-state index in [9.17, 15) is 4.79 Å². The highest BCUT2D eigenvalue weighted by Crippen LogP contribution is 2.31. The molecule has 0 aliphatic carbocycles. The molecule has 0 radical (unpaired) electrons. The van der Waals surface area contributed by atoms with Gasteiger partial charge in [-0.2, -0.15) is 0 Å². The smallest absolute Gasteiger partial charge is 0.224 e. The molecule has 1 saturated heterocycles. The number of rotatable bonds is 5. The molecule has 4 nitrogen and oxygen atoms in total. The summed E-state index contributed by atoms with van der Waals surface area (Å²) in [5.41, 5.74) is 2.56. The van der Waals surface area contributed by atoms with Crippen molar-refractivity contribution in [2.75, 3.05) is 18.0 Å². The number of anilines is 1. The average Bonchev–Trinajstić information content (AvgIpc) is 2.46. The third kappa shape index (κ3) is 3.70. The number of carbonyl (C=O) groups excluding carboxylic acids is 1. The Morgan fingerprint density at radius 1 is 1.30 bits per heavy atom. The zero-order valence-electron chi connectivity index (χ0n) is 13.4. The molecule has 0 amide bonds. The molecule has 0 saturated carbocycles. The average molecular weight is 330 g/mol. The lowest BCUT2D eigenvalue weighted by Crippen LogP contribution is -2.45. The maximum Gasteiger partial charge on any atom is 0.224 e. The van der Waals surface area contributed by atoms with Crippen LogP contribution in [0.5, 0.6) is 0 Å². The Labute approximate surface area is 141 Å². The monoisotopic (exact) mass is 329 g/mol. The predicted octanol–water partition coefficient (Wildman–Crippen LogP) is 3.82. The first-order valence-electron chi connectivity index (χ1n) is 7.85. The van der Waals surface area contributed by atoms with Crippen molar-refractivity contribution in [3.63, 3.8) is 0 Å². The molecule has 120 valence electrons. The van der Waals surface area contributed by atoms with Crippen LogP contribution in [0.1, 0.15) is 43.2 Å². The summed E-state index contributed by atoms with van der Waals surface area (Å²) in [4.78, 5) is 21.6. The van der Waals surface area contributed by atoms with E-state index in [2.05, 4.69) is 46.1 Å². The first kappa shape index (κ1) is 15.9. The van der Waals surface area contributed by atoms with Crippen LogP contribution >= 0.6 is 11.6 Å². The van der Waals surface area contributed by atoms with Crippen LogP contribution < -0.4 is 4.90 Å². The molecule has 1 aromatic heterocycles. The van der Waals surface area contributed by atoms with Gasteiger partial charge in [0.1, 0.15) is 11.6 Å². The summed E-state index contributed by atoms with van der Waals surface area (Å²) in [5.74, 6) is 1.91. The zero-order valence-corrected chi connectivity index (χ0v) is 14.1. The lowest BCUT2D eigenvalue weighted by atomic mass is 9.88. The number of benzene rings is 1. The van der Waals surface area contributed by atoms with Gasteiger partial charge in [0, 0.05) is 31.6 Å². The number of nitrogens with zero attached hydrogens (tertiary/aromatic N) is 3. The summed E-state index contributed by atoms with van der Waals surface area (Å²) in [5, 5.41) is 0.287. The molecular weight excluding hydrogens is 310 g/mol. The number of carbonyl (C=O) groups is 1. The minimum atomic E-state index is 0.236. The first-order valence-corrected chi connectivity index (χ1v) is 8.23. The van der Waals surface area contributed by atoms with Crippen LogP contribution in [0.3, 0.4) is 0 Å². The van der Waals surface area contributed by atoms with Crippen LogP contribution in [0, 0.1) is 0 Å². The van der Waals surface area contributed by atoms with Crippen LogP contribution in [0.4, 0.5) is 5.82 Å². The van der Waals surface area contributed by atoms with E-state index in [0.29, 0.717) is 12.3 Å². The second-order valence-corrected chi connectivity index (χ2v) is 6.60. The quantitative estimate of drug-likeness (QED) is 0.782. The van der Waals surface area contributed by atoms with E-state index in [0.717, 1.165) is 18.9 Å². The molecule has 1 aliphatic heterocycles. The molecule has 3 rings (SSSR count). The van der Waals surface area contributed by atoms with Gasteiger partial charge in [0.25, 0.3) is 0 Å². The van der Waals surface area contributed by atoms with Crippen molar-refractivity contribution in [3.8, 4) is 0 Å². The van der Waals surface area contributed by atoms with Crippen molar-refractivity contribution < 1.29 is 4.79 Å². The van der Waals surface area contributed by atoms with Crippen molar-refractivity contribution in [3.05, 3.63) is 52.9 Å². The van der Waals surface area contributed by atoms with Crippen LogP contribution in [-0.2, 0) is 4.79 Å². The number of halogens is 1. The van der Waals surface area contributed by atoms with Gasteiger partial charge in [-0.3, -0.25) is 0 Å². The van der Waals surface area contributed by atoms with Crippen molar-refractivity contribution >= 4 is 23.2 Å². The summed E-state index contributed by atoms with van der Waals surface area (Å²) < 4.78 is 0. The second kappa shape index (κ2) is 6.67. The van der Waals surface area contributed by atoms with Gasteiger partial charge in [-0.25, -0.2) is 9.97 Å². The van der Waals surface area contributed by atoms with Crippen molar-refractivity contribution in [2.24, 2.45) is 0 Å². The summed E-state index contributed by atoms with van der Waals surface area (Å²) in [6.07, 6.45) is 2.29. The molecule has 1 fully saturated rings. The van der Waals surface area contributed by atoms with Crippen LogP contribution in [0.25, 0.3) is 0 Å². The summed E-state index contributed by atoms with van der Waals surface area (Å²) in [6, 6.07) is 10.5. The van der Waals surface area contributed by atoms with E-state index in [1.54, 1.807) is 13.1 Å². The second-order valence-electron chi connectivity index (χ2n) is 6.26. The van der Waals surface area contributed by atoms with Gasteiger partial charge < -0.3 is 9.69 Å². The summed E-state index contributed by atoms with van der Waals surface area (Å²) >= 11 is 5.83. The Kier molecular flexibility index (Phi) is 4.62. The number of hydrogen-bond donors (Lipinski definition) is 0. The third-order valence-electron chi connectivity index (χ3n) is 4.39. The van der Waals surface area contributed by atoms with Gasteiger partial charge in [0.15, 0.2) is 0 Å². The first-order chi connectivity index (χ1) is 11.0. The molecule has 23 heavy (non-hydrogen) atoms. The number of hydrogen-bond acceptors (Lipinski definition) is 4. The topological polar surface area (TPSA) is 46.1 Å². The van der Waals surface area contributed by atoms with Gasteiger partial charge in [0.05, 0.1) is 0 Å². The highest BCUT2D eigenvalue weighted by molar-refractivity contribution is 6.28. The molecule has 0 unspecified atom stereocenters. The highest BCUT2D eigenvalue weighted by Gasteiger charge is 2.29. The number of aromatic nitrogens is 2. The van der Waals surface area contributed by atoms with Gasteiger partial charge in [0.2, 0.25) is 5.28 Å². The fraction of sp³-hybridized carbons (Fsp3) is 0.389. The molecule has 0 bridgehead atoms. The van der Waals surface area contributed by atoms with Crippen LogP contribution in [0.2, 0.25) is 5.28 Å². The van der Waals surface area contributed by atoms with E-state index in [-0.39, 0.29) is 17.0 Å². The Balaban J connectivity index is 1.61. The predicted molar refractivity (Wildman–Crippen MR) is 92.2 cm³/mol. The molecule has 2 aromatic rings. The Hall–Kier alpha value is -1.94. The largest absolute Gasteiger partial charge is 0.355 e. The maximum absolute atomic E-state index is 11.2. The fourth-order valence-corrected chi connectivity index (χ4v) is 3.17. The molecule has 1 aliphatic rings. The van der Waals surface area contributed by atoms with E-state index >= 15 is 0 Å². The van der Waals surface area contributed by atoms with E-state index in [1.807, 2.05) is 6.07 Å². The zero-order chi connectivity index (χ0) is 16.4. The fourth-order valence-electron chi connectivity index (χ4n) is 3.02. The van der Waals surface area contributed by atoms with E-state index in [4.69, 9.17) is 11.6 Å². The Morgan fingerprint density at radius 3 is 2.61 bits per heavy atom. The number of Topliss-reactive ketones (excluding diaryl/α,β-unsaturated/α-hetero) is 1. The lowest BCUT2D eigenvalue weighted by Gasteiger charge is -2.40. The Morgan fingerprint density at radius 2 is 2.00 bits per heavy atom. The molecule has 1 atom stereocenters. The van der Waals surface area contributed by atoms with E-state index < -0.39 is 0 Å². The SMILES string of the molecule is CC(=O)C[C@@H](C)c1ccc(C2CN(c3ccnc(Cl)n3)C2)cc1. The van der Waals surface area contributed by atoms with E-state index in [1.165, 1.54) is 11.1 Å². The molecule has 5 heteroatoms. The highest BCUT2D eigenvalue weighted by atomic mass is 35.5. The van der Waals surface area contributed by atoms with Crippen molar-refractivity contribution in [2.45, 2.75) is 32.1 Å². The lowest BCUT2D eigenvalue weighted by molar-refractivity contribution is -0.117. The van der Waals surface area contributed by atoms with Crippen LogP contribution in [-0.4, -0.2) is 28.8 Å². The molecular formula is C18H20ClN3O. The minimum Gasteiger partial charge on any atom is -0.355 e. The van der Waals surface area contributed by atoms with Crippen molar-refractivity contribution in [1.82, 2.24) is 9.97 Å². The molecule has 0 spiro atoms. The molecule has 1 aromatic carbocycles. The standard InChI is InChI=1S/C18H20ClN3O/c1-12(9-13(2)23)14-3-5-15(6-4-14)16-10-22(11-16)17-7-8-20-18(19)21-17/h3-8,12,16H,9-11H2,1-2H3/t12-/m1/s1. The van der Waals surface area contributed by atoms with Gasteiger partial charge in [-0.1, -0.05) is 31.2 Å².